The van der Waals surface area contributed by atoms with E-state index in [1.807, 2.05) is 12.1 Å². The summed E-state index contributed by atoms with van der Waals surface area (Å²) in [5, 5.41) is 3.48. The van der Waals surface area contributed by atoms with Crippen LogP contribution in [0.15, 0.2) is 76.5 Å². The number of halogens is 1. The fourth-order valence-corrected chi connectivity index (χ4v) is 5.85. The van der Waals surface area contributed by atoms with Crippen molar-refractivity contribution in [3.05, 3.63) is 88.4 Å². The SMILES string of the molecule is O=C(NC[C@@H]1CCCO1)c1ccc2c(c1)N(Cc1cccc(Cl)c1)C(=O)c1ccccc1[S@@]2=O. The first-order valence-corrected chi connectivity index (χ1v) is 12.6. The lowest BCUT2D eigenvalue weighted by atomic mass is 10.1. The second kappa shape index (κ2) is 9.70. The Hall–Kier alpha value is -3.00. The Morgan fingerprint density at radius 2 is 1.94 bits per heavy atom. The lowest BCUT2D eigenvalue weighted by Crippen LogP contribution is -2.33. The minimum Gasteiger partial charge on any atom is -0.376 e. The number of hydrogen-bond acceptors (Lipinski definition) is 4. The molecule has 1 N–H and O–H groups in total. The minimum atomic E-state index is -1.58. The van der Waals surface area contributed by atoms with Crippen LogP contribution in [0.3, 0.4) is 0 Å². The van der Waals surface area contributed by atoms with E-state index in [4.69, 9.17) is 16.3 Å². The fourth-order valence-electron chi connectivity index (χ4n) is 4.29. The molecule has 3 aromatic carbocycles. The molecule has 174 valence electrons. The highest BCUT2D eigenvalue weighted by molar-refractivity contribution is 7.85. The van der Waals surface area contributed by atoms with E-state index in [1.165, 1.54) is 0 Å². The van der Waals surface area contributed by atoms with Crippen LogP contribution in [0.4, 0.5) is 5.69 Å². The van der Waals surface area contributed by atoms with Crippen LogP contribution in [0.2, 0.25) is 5.02 Å². The van der Waals surface area contributed by atoms with Gasteiger partial charge in [0.15, 0.2) is 0 Å². The average molecular weight is 495 g/mol. The van der Waals surface area contributed by atoms with Gasteiger partial charge in [-0.25, -0.2) is 4.21 Å². The Bertz CT molecular complexity index is 1290. The third-order valence-corrected chi connectivity index (χ3v) is 7.75. The summed E-state index contributed by atoms with van der Waals surface area (Å²) in [6, 6.07) is 19.1. The van der Waals surface area contributed by atoms with Crippen molar-refractivity contribution < 1.29 is 18.5 Å². The summed E-state index contributed by atoms with van der Waals surface area (Å²) in [6.07, 6.45) is 1.93. The number of fused-ring (bicyclic) bond motifs is 2. The van der Waals surface area contributed by atoms with Gasteiger partial charge in [0.05, 0.1) is 44.5 Å². The molecule has 2 amide bonds. The molecule has 0 saturated carbocycles. The molecule has 5 rings (SSSR count). The van der Waals surface area contributed by atoms with Crippen LogP contribution in [0.1, 0.15) is 39.1 Å². The van der Waals surface area contributed by atoms with Crippen LogP contribution >= 0.6 is 11.6 Å². The van der Waals surface area contributed by atoms with Crippen molar-refractivity contribution >= 4 is 39.9 Å². The number of anilines is 1. The predicted octanol–water partition coefficient (Wildman–Crippen LogP) is 4.58. The van der Waals surface area contributed by atoms with Crippen LogP contribution in [-0.4, -0.2) is 35.3 Å². The van der Waals surface area contributed by atoms with E-state index in [2.05, 4.69) is 5.32 Å². The van der Waals surface area contributed by atoms with Crippen molar-refractivity contribution in [2.24, 2.45) is 0 Å². The third-order valence-electron chi connectivity index (χ3n) is 6.02. The van der Waals surface area contributed by atoms with Crippen LogP contribution < -0.4 is 10.2 Å². The van der Waals surface area contributed by atoms with Crippen LogP contribution in [0.5, 0.6) is 0 Å². The van der Waals surface area contributed by atoms with Crippen molar-refractivity contribution in [1.82, 2.24) is 5.32 Å². The zero-order valence-corrected chi connectivity index (χ0v) is 19.9. The van der Waals surface area contributed by atoms with Gasteiger partial charge in [0.1, 0.15) is 0 Å². The molecular weight excluding hydrogens is 472 g/mol. The van der Waals surface area contributed by atoms with Crippen molar-refractivity contribution in [2.75, 3.05) is 18.1 Å². The Morgan fingerprint density at radius 1 is 1.09 bits per heavy atom. The van der Waals surface area contributed by atoms with Gasteiger partial charge in [-0.2, -0.15) is 0 Å². The second-order valence-corrected chi connectivity index (χ2v) is 10.2. The summed E-state index contributed by atoms with van der Waals surface area (Å²) in [7, 11) is -1.58. The molecule has 34 heavy (non-hydrogen) atoms. The van der Waals surface area contributed by atoms with Crippen LogP contribution in [0.25, 0.3) is 0 Å². The molecule has 0 aliphatic carbocycles. The highest BCUT2D eigenvalue weighted by Gasteiger charge is 2.31. The van der Waals surface area contributed by atoms with E-state index in [0.717, 1.165) is 18.4 Å². The largest absolute Gasteiger partial charge is 0.376 e. The molecule has 0 radical (unpaired) electrons. The molecule has 2 aliphatic rings. The predicted molar refractivity (Wildman–Crippen MR) is 131 cm³/mol. The van der Waals surface area contributed by atoms with E-state index < -0.39 is 10.8 Å². The Morgan fingerprint density at radius 3 is 2.74 bits per heavy atom. The summed E-state index contributed by atoms with van der Waals surface area (Å²) >= 11 is 6.18. The number of carbonyl (C=O) groups excluding carboxylic acids is 2. The maximum Gasteiger partial charge on any atom is 0.259 e. The summed E-state index contributed by atoms with van der Waals surface area (Å²) in [5.41, 5.74) is 2.04. The maximum absolute atomic E-state index is 13.7. The van der Waals surface area contributed by atoms with E-state index in [0.29, 0.717) is 44.8 Å². The van der Waals surface area contributed by atoms with E-state index in [1.54, 1.807) is 59.5 Å². The van der Waals surface area contributed by atoms with Gasteiger partial charge in [-0.1, -0.05) is 35.9 Å². The van der Waals surface area contributed by atoms with Gasteiger partial charge in [-0.05, 0) is 60.9 Å². The number of hydrogen-bond donors (Lipinski definition) is 1. The second-order valence-electron chi connectivity index (χ2n) is 8.31. The first kappa shape index (κ1) is 22.8. The van der Waals surface area contributed by atoms with Gasteiger partial charge in [-0.15, -0.1) is 0 Å². The number of benzene rings is 3. The van der Waals surface area contributed by atoms with Crippen LogP contribution in [0, 0.1) is 0 Å². The molecule has 1 fully saturated rings. The van der Waals surface area contributed by atoms with Gasteiger partial charge < -0.3 is 15.0 Å². The lowest BCUT2D eigenvalue weighted by Gasteiger charge is -2.24. The quantitative estimate of drug-likeness (QED) is 0.563. The molecular formula is C26H23ClN2O4S. The van der Waals surface area contributed by atoms with Crippen molar-refractivity contribution in [1.29, 1.82) is 0 Å². The Labute approximate surface area is 205 Å². The third kappa shape index (κ3) is 4.51. The summed E-state index contributed by atoms with van der Waals surface area (Å²) in [5.74, 6) is -0.541. The van der Waals surface area contributed by atoms with E-state index >= 15 is 0 Å². The van der Waals surface area contributed by atoms with Gasteiger partial charge in [-0.3, -0.25) is 9.59 Å². The first-order valence-electron chi connectivity index (χ1n) is 11.1. The Balaban J connectivity index is 1.54. The van der Waals surface area contributed by atoms with Gasteiger partial charge in [0, 0.05) is 23.7 Å². The van der Waals surface area contributed by atoms with Crippen LogP contribution in [-0.2, 0) is 22.1 Å². The summed E-state index contributed by atoms with van der Waals surface area (Å²) in [6.45, 7) is 1.36. The molecule has 0 bridgehead atoms. The molecule has 2 heterocycles. The molecule has 0 unspecified atom stereocenters. The van der Waals surface area contributed by atoms with Gasteiger partial charge >= 0.3 is 0 Å². The maximum atomic E-state index is 13.7. The topological polar surface area (TPSA) is 75.7 Å². The Kier molecular flexibility index (Phi) is 6.50. The smallest absolute Gasteiger partial charge is 0.259 e. The normalized spacial score (nSPS) is 19.3. The number of amides is 2. The molecule has 2 atom stereocenters. The first-order chi connectivity index (χ1) is 16.5. The number of nitrogens with zero attached hydrogens (tertiary/aromatic N) is 1. The fraction of sp³-hybridized carbons (Fsp3) is 0.231. The number of nitrogens with one attached hydrogen (secondary N) is 1. The number of ether oxygens (including phenoxy) is 1. The standard InChI is InChI=1S/C26H23ClN2O4S/c27-19-6-3-5-17(13-19)16-29-22-14-18(25(30)28-15-20-7-4-12-33-20)10-11-24(22)34(32)23-9-2-1-8-21(23)26(29)31/h1-3,5-6,8-11,13-14,20H,4,7,12,15-16H2,(H,28,30)/t20-,34-/m0/s1. The molecule has 0 spiro atoms. The van der Waals surface area contributed by atoms with Crippen molar-refractivity contribution in [2.45, 2.75) is 35.3 Å². The zero-order valence-electron chi connectivity index (χ0n) is 18.3. The molecule has 8 heteroatoms. The lowest BCUT2D eigenvalue weighted by molar-refractivity contribution is 0.0857. The highest BCUT2D eigenvalue weighted by Crippen LogP contribution is 2.36. The molecule has 6 nitrogen and oxygen atoms in total. The van der Waals surface area contributed by atoms with E-state index in [-0.39, 0.29) is 24.5 Å². The molecule has 0 aromatic heterocycles. The number of carbonyl (C=O) groups is 2. The molecule has 2 aliphatic heterocycles. The highest BCUT2D eigenvalue weighted by atomic mass is 35.5. The summed E-state index contributed by atoms with van der Waals surface area (Å²) < 4.78 is 19.1. The van der Waals surface area contributed by atoms with E-state index in [9.17, 15) is 13.8 Å². The van der Waals surface area contributed by atoms with Gasteiger partial charge in [0.2, 0.25) is 0 Å². The summed E-state index contributed by atoms with van der Waals surface area (Å²) in [4.78, 5) is 29.1. The van der Waals surface area contributed by atoms with Gasteiger partial charge in [0.25, 0.3) is 11.8 Å². The minimum absolute atomic E-state index is 0.0210. The number of rotatable bonds is 5. The molecule has 3 aromatic rings. The zero-order chi connectivity index (χ0) is 23.7. The van der Waals surface area contributed by atoms with Crippen molar-refractivity contribution in [3.8, 4) is 0 Å². The monoisotopic (exact) mass is 494 g/mol. The molecule has 1 saturated heterocycles. The average Bonchev–Trinajstić information content (AvgIpc) is 3.36. The van der Waals surface area contributed by atoms with Crippen molar-refractivity contribution in [3.63, 3.8) is 0 Å².